The molecule has 1 fully saturated rings. The Morgan fingerprint density at radius 1 is 1.40 bits per heavy atom. The number of aliphatic imine (C=N–C) groups is 1. The van der Waals surface area contributed by atoms with Crippen molar-refractivity contribution in [3.8, 4) is 0 Å². The Morgan fingerprint density at radius 3 is 2.80 bits per heavy atom. The van der Waals surface area contributed by atoms with Crippen LogP contribution in [0.15, 0.2) is 41.0 Å². The number of benzene rings is 1. The average molecular weight is 271 g/mol. The quantitative estimate of drug-likeness (QED) is 0.649. The van der Waals surface area contributed by atoms with E-state index in [0.717, 1.165) is 37.5 Å². The molecule has 3 nitrogen and oxygen atoms in total. The third-order valence-corrected chi connectivity index (χ3v) is 3.74. The van der Waals surface area contributed by atoms with Gasteiger partial charge in [-0.2, -0.15) is 0 Å². The molecule has 1 aromatic carbocycles. The van der Waals surface area contributed by atoms with Crippen molar-refractivity contribution in [2.24, 2.45) is 10.9 Å². The van der Waals surface area contributed by atoms with E-state index in [2.05, 4.69) is 66.9 Å². The van der Waals surface area contributed by atoms with Crippen LogP contribution in [0.1, 0.15) is 32.3 Å². The summed E-state index contributed by atoms with van der Waals surface area (Å²) in [5.74, 6) is 1.61. The van der Waals surface area contributed by atoms with Crippen LogP contribution in [0, 0.1) is 12.8 Å². The molecule has 1 heterocycles. The highest BCUT2D eigenvalue weighted by Crippen LogP contribution is 2.17. The lowest BCUT2D eigenvalue weighted by Gasteiger charge is -2.22. The minimum Gasteiger partial charge on any atom is -0.344 e. The van der Waals surface area contributed by atoms with Gasteiger partial charge in [0, 0.05) is 24.9 Å². The summed E-state index contributed by atoms with van der Waals surface area (Å²) in [6, 6.07) is 8.42. The molecule has 0 aromatic heterocycles. The van der Waals surface area contributed by atoms with Crippen molar-refractivity contribution in [2.45, 2.75) is 33.6 Å². The Kier molecular flexibility index (Phi) is 5.36. The highest BCUT2D eigenvalue weighted by molar-refractivity contribution is 5.95. The molecule has 2 rings (SSSR count). The number of hydrogen-bond acceptors (Lipinski definition) is 2. The van der Waals surface area contributed by atoms with E-state index >= 15 is 0 Å². The molecular formula is C17H25N3. The Morgan fingerprint density at radius 2 is 2.15 bits per heavy atom. The van der Waals surface area contributed by atoms with Crippen molar-refractivity contribution in [3.63, 3.8) is 0 Å². The van der Waals surface area contributed by atoms with Crippen LogP contribution in [-0.2, 0) is 0 Å². The molecule has 1 aliphatic rings. The summed E-state index contributed by atoms with van der Waals surface area (Å²) in [5, 5.41) is 6.81. The van der Waals surface area contributed by atoms with E-state index in [0.29, 0.717) is 5.92 Å². The molecule has 1 atom stereocenters. The molecule has 0 bridgehead atoms. The minimum atomic E-state index is 0.588. The van der Waals surface area contributed by atoms with Gasteiger partial charge in [0.2, 0.25) is 0 Å². The number of amidine groups is 1. The van der Waals surface area contributed by atoms with E-state index in [1.54, 1.807) is 0 Å². The molecule has 0 amide bonds. The van der Waals surface area contributed by atoms with Gasteiger partial charge in [0.1, 0.15) is 5.84 Å². The van der Waals surface area contributed by atoms with Gasteiger partial charge >= 0.3 is 0 Å². The van der Waals surface area contributed by atoms with E-state index in [1.165, 1.54) is 11.1 Å². The normalized spacial score (nSPS) is 22.1. The van der Waals surface area contributed by atoms with Gasteiger partial charge in [-0.3, -0.25) is 0 Å². The molecular weight excluding hydrogens is 246 g/mol. The maximum atomic E-state index is 4.65. The number of aryl methyl sites for hydroxylation is 1. The Hall–Kier alpha value is -1.61. The fourth-order valence-electron chi connectivity index (χ4n) is 2.30. The van der Waals surface area contributed by atoms with Crippen LogP contribution in [0.3, 0.4) is 0 Å². The smallest absolute Gasteiger partial charge is 0.106 e. The SMILES string of the molecule is CCC(=N/C=C1/CCNCC1C)Nc1ccc(C)cc1. The zero-order valence-electron chi connectivity index (χ0n) is 12.7. The van der Waals surface area contributed by atoms with E-state index in [9.17, 15) is 0 Å². The molecule has 0 spiro atoms. The molecule has 1 unspecified atom stereocenters. The van der Waals surface area contributed by atoms with Gasteiger partial charge in [-0.15, -0.1) is 0 Å². The van der Waals surface area contributed by atoms with E-state index in [-0.39, 0.29) is 0 Å². The molecule has 3 heteroatoms. The molecule has 1 aromatic rings. The number of nitrogens with one attached hydrogen (secondary N) is 2. The number of piperidine rings is 1. The molecule has 20 heavy (non-hydrogen) atoms. The van der Waals surface area contributed by atoms with Crippen LogP contribution < -0.4 is 10.6 Å². The second-order valence-electron chi connectivity index (χ2n) is 5.48. The third-order valence-electron chi connectivity index (χ3n) is 3.74. The molecule has 0 saturated carbocycles. The second-order valence-corrected chi connectivity index (χ2v) is 5.48. The summed E-state index contributed by atoms with van der Waals surface area (Å²) < 4.78 is 0. The predicted octanol–water partition coefficient (Wildman–Crippen LogP) is 3.73. The lowest BCUT2D eigenvalue weighted by Crippen LogP contribution is -2.29. The standard InChI is InChI=1S/C17H25N3/c1-4-17(20-16-7-5-13(2)6-8-16)19-12-15-9-10-18-11-14(15)3/h5-8,12,14,18H,4,9-11H2,1-3H3,(H,19,20)/b15-12-. The predicted molar refractivity (Wildman–Crippen MR) is 87.3 cm³/mol. The molecule has 0 aliphatic carbocycles. The fourth-order valence-corrected chi connectivity index (χ4v) is 2.30. The van der Waals surface area contributed by atoms with Crippen LogP contribution in [0.25, 0.3) is 0 Å². The number of anilines is 1. The zero-order valence-corrected chi connectivity index (χ0v) is 12.7. The van der Waals surface area contributed by atoms with Crippen LogP contribution >= 0.6 is 0 Å². The lowest BCUT2D eigenvalue weighted by atomic mass is 9.96. The number of hydrogen-bond donors (Lipinski definition) is 2. The Bertz CT molecular complexity index is 485. The molecule has 2 N–H and O–H groups in total. The van der Waals surface area contributed by atoms with Gasteiger partial charge in [-0.05, 0) is 43.5 Å². The first-order chi connectivity index (χ1) is 9.69. The average Bonchev–Trinajstić information content (AvgIpc) is 2.47. The van der Waals surface area contributed by atoms with Crippen molar-refractivity contribution in [1.82, 2.24) is 5.32 Å². The highest BCUT2D eigenvalue weighted by Gasteiger charge is 2.13. The van der Waals surface area contributed by atoms with Gasteiger partial charge in [0.05, 0.1) is 0 Å². The Labute approximate surface area is 122 Å². The van der Waals surface area contributed by atoms with E-state index in [4.69, 9.17) is 0 Å². The van der Waals surface area contributed by atoms with Crippen molar-refractivity contribution in [3.05, 3.63) is 41.6 Å². The van der Waals surface area contributed by atoms with Gasteiger partial charge in [0.15, 0.2) is 0 Å². The first kappa shape index (κ1) is 14.8. The Balaban J connectivity index is 2.05. The first-order valence-corrected chi connectivity index (χ1v) is 7.49. The minimum absolute atomic E-state index is 0.588. The van der Waals surface area contributed by atoms with E-state index in [1.807, 2.05) is 0 Å². The molecule has 0 radical (unpaired) electrons. The summed E-state index contributed by atoms with van der Waals surface area (Å²) in [4.78, 5) is 4.65. The highest BCUT2D eigenvalue weighted by atomic mass is 15.0. The largest absolute Gasteiger partial charge is 0.344 e. The summed E-state index contributed by atoms with van der Waals surface area (Å²) in [6.07, 6.45) is 4.07. The zero-order chi connectivity index (χ0) is 14.4. The van der Waals surface area contributed by atoms with Crippen molar-refractivity contribution >= 4 is 11.5 Å². The molecule has 108 valence electrons. The molecule has 1 aliphatic heterocycles. The topological polar surface area (TPSA) is 36.4 Å². The van der Waals surface area contributed by atoms with Gasteiger partial charge in [-0.25, -0.2) is 4.99 Å². The summed E-state index contributed by atoms with van der Waals surface area (Å²) in [6.45, 7) is 8.62. The second kappa shape index (κ2) is 7.25. The maximum absolute atomic E-state index is 4.65. The fraction of sp³-hybridized carbons (Fsp3) is 0.471. The van der Waals surface area contributed by atoms with Crippen LogP contribution in [0.2, 0.25) is 0 Å². The van der Waals surface area contributed by atoms with Gasteiger partial charge < -0.3 is 10.6 Å². The number of rotatable bonds is 3. The number of nitrogens with zero attached hydrogens (tertiary/aromatic N) is 1. The van der Waals surface area contributed by atoms with Crippen LogP contribution in [0.5, 0.6) is 0 Å². The first-order valence-electron chi connectivity index (χ1n) is 7.49. The lowest BCUT2D eigenvalue weighted by molar-refractivity contribution is 0.500. The van der Waals surface area contributed by atoms with Crippen LogP contribution in [0.4, 0.5) is 5.69 Å². The summed E-state index contributed by atoms with van der Waals surface area (Å²) >= 11 is 0. The van der Waals surface area contributed by atoms with Crippen LogP contribution in [-0.4, -0.2) is 18.9 Å². The summed E-state index contributed by atoms with van der Waals surface area (Å²) in [5.41, 5.74) is 3.82. The van der Waals surface area contributed by atoms with Crippen molar-refractivity contribution < 1.29 is 0 Å². The summed E-state index contributed by atoms with van der Waals surface area (Å²) in [7, 11) is 0. The van der Waals surface area contributed by atoms with Gasteiger partial charge in [-0.1, -0.05) is 31.5 Å². The monoisotopic (exact) mass is 271 g/mol. The van der Waals surface area contributed by atoms with Gasteiger partial charge in [0.25, 0.3) is 0 Å². The van der Waals surface area contributed by atoms with Crippen molar-refractivity contribution in [1.29, 1.82) is 0 Å². The maximum Gasteiger partial charge on any atom is 0.106 e. The molecule has 1 saturated heterocycles. The van der Waals surface area contributed by atoms with E-state index < -0.39 is 0 Å². The third kappa shape index (κ3) is 4.20. The van der Waals surface area contributed by atoms with Crippen molar-refractivity contribution in [2.75, 3.05) is 18.4 Å².